The van der Waals surface area contributed by atoms with Gasteiger partial charge in [0.15, 0.2) is 5.75 Å². The Morgan fingerprint density at radius 2 is 1.73 bits per heavy atom. The zero-order chi connectivity index (χ0) is 16.3. The van der Waals surface area contributed by atoms with Gasteiger partial charge in [0.2, 0.25) is 0 Å². The number of benzene rings is 2. The molecule has 0 aliphatic carbocycles. The summed E-state index contributed by atoms with van der Waals surface area (Å²) in [6.07, 6.45) is -4.58. The molecular formula is C14H8Cl2F3NO2. The van der Waals surface area contributed by atoms with Crippen LogP contribution >= 0.6 is 23.2 Å². The Balaban J connectivity index is 2.11. The van der Waals surface area contributed by atoms with Gasteiger partial charge < -0.3 is 4.84 Å². The molecule has 1 N–H and O–H groups in total. The smallest absolute Gasteiger partial charge is 0.378 e. The highest BCUT2D eigenvalue weighted by atomic mass is 35.5. The quantitative estimate of drug-likeness (QED) is 0.813. The monoisotopic (exact) mass is 349 g/mol. The summed E-state index contributed by atoms with van der Waals surface area (Å²) in [5, 5.41) is -0.300. The first-order chi connectivity index (χ1) is 10.3. The summed E-state index contributed by atoms with van der Waals surface area (Å²) in [6, 6.07) is 9.03. The third kappa shape index (κ3) is 3.84. The molecule has 0 aliphatic heterocycles. The Hall–Kier alpha value is -1.92. The Morgan fingerprint density at radius 3 is 2.32 bits per heavy atom. The van der Waals surface area contributed by atoms with Crippen molar-refractivity contribution in [3.05, 3.63) is 63.6 Å². The number of para-hydroxylation sites is 1. The van der Waals surface area contributed by atoms with E-state index in [9.17, 15) is 18.0 Å². The highest BCUT2D eigenvalue weighted by Crippen LogP contribution is 2.34. The Kier molecular flexibility index (Phi) is 4.83. The molecule has 0 saturated heterocycles. The van der Waals surface area contributed by atoms with Gasteiger partial charge in [-0.05, 0) is 30.3 Å². The fourth-order valence-corrected chi connectivity index (χ4v) is 2.04. The zero-order valence-electron chi connectivity index (χ0n) is 10.7. The second kappa shape index (κ2) is 6.46. The molecule has 116 valence electrons. The van der Waals surface area contributed by atoms with Crippen LogP contribution in [0.5, 0.6) is 5.75 Å². The lowest BCUT2D eigenvalue weighted by Gasteiger charge is -2.11. The van der Waals surface area contributed by atoms with Crippen molar-refractivity contribution in [3.63, 3.8) is 0 Å². The number of hydrogen-bond acceptors (Lipinski definition) is 2. The van der Waals surface area contributed by atoms with Crippen molar-refractivity contribution >= 4 is 29.1 Å². The van der Waals surface area contributed by atoms with E-state index < -0.39 is 22.7 Å². The van der Waals surface area contributed by atoms with Gasteiger partial charge in [0.1, 0.15) is 0 Å². The van der Waals surface area contributed by atoms with Crippen LogP contribution in [0.15, 0.2) is 42.5 Å². The molecule has 2 aromatic carbocycles. The van der Waals surface area contributed by atoms with E-state index in [1.165, 1.54) is 6.07 Å². The molecule has 2 rings (SSSR count). The molecule has 22 heavy (non-hydrogen) atoms. The number of amides is 1. The van der Waals surface area contributed by atoms with E-state index in [-0.39, 0.29) is 16.3 Å². The van der Waals surface area contributed by atoms with Crippen LogP contribution < -0.4 is 10.3 Å². The largest absolute Gasteiger partial charge is 0.417 e. The fourth-order valence-electron chi connectivity index (χ4n) is 1.57. The molecule has 1 amide bonds. The Bertz CT molecular complexity index is 705. The minimum atomic E-state index is -4.58. The lowest BCUT2D eigenvalue weighted by molar-refractivity contribution is -0.137. The predicted octanol–water partition coefficient (Wildman–Crippen LogP) is 4.74. The van der Waals surface area contributed by atoms with E-state index in [1.54, 1.807) is 18.2 Å². The summed E-state index contributed by atoms with van der Waals surface area (Å²) in [5.74, 6) is -0.550. The van der Waals surface area contributed by atoms with Crippen molar-refractivity contribution in [2.24, 2.45) is 0 Å². The highest BCUT2D eigenvalue weighted by Gasteiger charge is 2.33. The number of halogens is 5. The van der Waals surface area contributed by atoms with Crippen LogP contribution in [-0.4, -0.2) is 5.91 Å². The third-order valence-corrected chi connectivity index (χ3v) is 3.25. The number of rotatable bonds is 3. The topological polar surface area (TPSA) is 38.3 Å². The van der Waals surface area contributed by atoms with Gasteiger partial charge in [-0.3, -0.25) is 4.79 Å². The van der Waals surface area contributed by atoms with Gasteiger partial charge in [0, 0.05) is 5.56 Å². The molecular weight excluding hydrogens is 342 g/mol. The molecule has 0 spiro atoms. The van der Waals surface area contributed by atoms with Gasteiger partial charge in [-0.25, -0.2) is 0 Å². The van der Waals surface area contributed by atoms with Gasteiger partial charge in [-0.15, -0.1) is 0 Å². The van der Waals surface area contributed by atoms with Gasteiger partial charge in [-0.2, -0.15) is 18.7 Å². The van der Waals surface area contributed by atoms with Crippen LogP contribution in [0.1, 0.15) is 15.9 Å². The van der Waals surface area contributed by atoms with E-state index in [1.807, 2.05) is 0 Å². The normalized spacial score (nSPS) is 11.1. The summed E-state index contributed by atoms with van der Waals surface area (Å²) >= 11 is 11.4. The summed E-state index contributed by atoms with van der Waals surface area (Å²) in [5.41, 5.74) is 0.984. The van der Waals surface area contributed by atoms with Crippen molar-refractivity contribution < 1.29 is 22.8 Å². The molecule has 0 unspecified atom stereocenters. The molecule has 0 heterocycles. The second-order valence-corrected chi connectivity index (χ2v) is 4.97. The number of alkyl halides is 3. The maximum absolute atomic E-state index is 12.6. The average Bonchev–Trinajstić information content (AvgIpc) is 2.44. The minimum Gasteiger partial charge on any atom is -0.378 e. The van der Waals surface area contributed by atoms with E-state index in [4.69, 9.17) is 28.0 Å². The van der Waals surface area contributed by atoms with Crippen molar-refractivity contribution in [3.8, 4) is 5.75 Å². The van der Waals surface area contributed by atoms with Crippen molar-refractivity contribution in [2.75, 3.05) is 0 Å². The second-order valence-electron chi connectivity index (χ2n) is 4.16. The van der Waals surface area contributed by atoms with E-state index in [0.717, 1.165) is 18.2 Å². The van der Waals surface area contributed by atoms with Gasteiger partial charge in [0.25, 0.3) is 5.91 Å². The molecule has 2 aromatic rings. The molecule has 0 aliphatic rings. The van der Waals surface area contributed by atoms with E-state index in [0.29, 0.717) is 0 Å². The van der Waals surface area contributed by atoms with E-state index >= 15 is 0 Å². The summed E-state index contributed by atoms with van der Waals surface area (Å²) < 4.78 is 37.7. The molecule has 3 nitrogen and oxygen atoms in total. The van der Waals surface area contributed by atoms with E-state index in [2.05, 4.69) is 5.48 Å². The molecule has 0 fully saturated rings. The average molecular weight is 350 g/mol. The highest BCUT2D eigenvalue weighted by molar-refractivity contribution is 6.32. The van der Waals surface area contributed by atoms with Gasteiger partial charge >= 0.3 is 6.18 Å². The lowest BCUT2D eigenvalue weighted by atomic mass is 10.1. The molecule has 0 saturated carbocycles. The Morgan fingerprint density at radius 1 is 1.05 bits per heavy atom. The SMILES string of the molecule is O=C(NOc1ccccc1Cl)c1ccc(C(F)(F)F)c(Cl)c1. The van der Waals surface area contributed by atoms with Crippen LogP contribution in [-0.2, 0) is 6.18 Å². The standard InChI is InChI=1S/C14H8Cl2F3NO2/c15-10-3-1-2-4-12(10)22-20-13(21)8-5-6-9(11(16)7-8)14(17,18)19/h1-7H,(H,20,21). The number of carbonyl (C=O) groups excluding carboxylic acids is 1. The number of nitrogens with one attached hydrogen (secondary N) is 1. The molecule has 0 atom stereocenters. The van der Waals surface area contributed by atoms with Crippen LogP contribution in [0.25, 0.3) is 0 Å². The van der Waals surface area contributed by atoms with Crippen LogP contribution in [0.2, 0.25) is 10.0 Å². The van der Waals surface area contributed by atoms with Crippen LogP contribution in [0.3, 0.4) is 0 Å². The summed E-state index contributed by atoms with van der Waals surface area (Å²) in [7, 11) is 0. The summed E-state index contributed by atoms with van der Waals surface area (Å²) in [6.45, 7) is 0. The number of hydroxylamine groups is 1. The predicted molar refractivity (Wildman–Crippen MR) is 76.0 cm³/mol. The maximum Gasteiger partial charge on any atom is 0.417 e. The van der Waals surface area contributed by atoms with Crippen molar-refractivity contribution in [2.45, 2.75) is 6.18 Å². The Labute approximate surface area is 133 Å². The van der Waals surface area contributed by atoms with Crippen LogP contribution in [0, 0.1) is 0 Å². The number of carbonyl (C=O) groups is 1. The van der Waals surface area contributed by atoms with Gasteiger partial charge in [-0.1, -0.05) is 35.3 Å². The van der Waals surface area contributed by atoms with Gasteiger partial charge in [0.05, 0.1) is 15.6 Å². The third-order valence-electron chi connectivity index (χ3n) is 2.63. The molecule has 0 radical (unpaired) electrons. The molecule has 0 aromatic heterocycles. The first-order valence-corrected chi connectivity index (χ1v) is 6.63. The molecule has 0 bridgehead atoms. The first-order valence-electron chi connectivity index (χ1n) is 5.87. The summed E-state index contributed by atoms with van der Waals surface area (Å²) in [4.78, 5) is 16.8. The first kappa shape index (κ1) is 16.5. The van der Waals surface area contributed by atoms with Crippen molar-refractivity contribution in [1.82, 2.24) is 5.48 Å². The number of hydrogen-bond donors (Lipinski definition) is 1. The molecule has 8 heteroatoms. The van der Waals surface area contributed by atoms with Crippen molar-refractivity contribution in [1.29, 1.82) is 0 Å². The maximum atomic E-state index is 12.6. The minimum absolute atomic E-state index is 0.0787. The van der Waals surface area contributed by atoms with Crippen LogP contribution in [0.4, 0.5) is 13.2 Å². The lowest BCUT2D eigenvalue weighted by Crippen LogP contribution is -2.27. The zero-order valence-corrected chi connectivity index (χ0v) is 12.3. The fraction of sp³-hybridized carbons (Fsp3) is 0.0714.